The summed E-state index contributed by atoms with van der Waals surface area (Å²) >= 11 is 0. The second kappa shape index (κ2) is 3.34. The number of nitrogens with one attached hydrogen (secondary N) is 1. The summed E-state index contributed by atoms with van der Waals surface area (Å²) in [5.41, 5.74) is 2.02. The summed E-state index contributed by atoms with van der Waals surface area (Å²) in [6.07, 6.45) is 2.80. The van der Waals surface area contributed by atoms with Gasteiger partial charge in [0.15, 0.2) is 11.9 Å². The van der Waals surface area contributed by atoms with Gasteiger partial charge in [0, 0.05) is 17.5 Å². The first kappa shape index (κ1) is 9.64. The molecule has 0 unspecified atom stereocenters. The van der Waals surface area contributed by atoms with Crippen LogP contribution in [0.25, 0.3) is 5.65 Å². The lowest BCUT2D eigenvalue weighted by atomic mass is 10.2. The molecule has 5 heteroatoms. The fourth-order valence-electron chi connectivity index (χ4n) is 1.67. The number of H-pyrrole nitrogens is 1. The van der Waals surface area contributed by atoms with Crippen molar-refractivity contribution in [3.8, 4) is 0 Å². The largest absolute Gasteiger partial charge is 0.298 e. The topological polar surface area (TPSA) is 67.2 Å². The molecule has 0 radical (unpaired) electrons. The maximum absolute atomic E-state index is 11.9. The molecule has 2 heterocycles. The molecule has 0 aromatic carbocycles. The summed E-state index contributed by atoms with van der Waals surface area (Å²) in [6.45, 7) is 3.68. The zero-order valence-corrected chi connectivity index (χ0v) is 8.57. The zero-order chi connectivity index (χ0) is 11.0. The molecule has 0 spiro atoms. The fraction of sp³-hybridized carbons (Fsp3) is 0.300. The Morgan fingerprint density at radius 3 is 2.93 bits per heavy atom. The van der Waals surface area contributed by atoms with Gasteiger partial charge in [-0.25, -0.2) is 9.50 Å². The van der Waals surface area contributed by atoms with Gasteiger partial charge in [-0.3, -0.25) is 14.7 Å². The quantitative estimate of drug-likeness (QED) is 0.734. The van der Waals surface area contributed by atoms with Gasteiger partial charge in [-0.15, -0.1) is 0 Å². The van der Waals surface area contributed by atoms with E-state index >= 15 is 0 Å². The Kier molecular flexibility index (Phi) is 2.15. The van der Waals surface area contributed by atoms with Crippen LogP contribution in [0.3, 0.4) is 0 Å². The number of fused-ring (bicyclic) bond motifs is 1. The number of rotatable bonds is 2. The first-order valence-corrected chi connectivity index (χ1v) is 4.73. The van der Waals surface area contributed by atoms with Gasteiger partial charge in [0.25, 0.3) is 5.56 Å². The standard InChI is InChI=1S/C10H11N3O2/c1-3-8-6(2)12-9-7(5-14)4-11-13(9)10(8)15/h4-5,11H,3H2,1-2H3. The highest BCUT2D eigenvalue weighted by Crippen LogP contribution is 2.07. The van der Waals surface area contributed by atoms with Gasteiger partial charge in [0.2, 0.25) is 0 Å². The molecule has 0 saturated heterocycles. The van der Waals surface area contributed by atoms with Crippen LogP contribution in [0, 0.1) is 6.92 Å². The van der Waals surface area contributed by atoms with E-state index < -0.39 is 0 Å². The van der Waals surface area contributed by atoms with E-state index in [9.17, 15) is 9.59 Å². The highest BCUT2D eigenvalue weighted by Gasteiger charge is 2.11. The van der Waals surface area contributed by atoms with Crippen LogP contribution in [0.15, 0.2) is 11.0 Å². The number of nitrogens with zero attached hydrogens (tertiary/aromatic N) is 2. The smallest absolute Gasteiger partial charge is 0.276 e. The second-order valence-corrected chi connectivity index (χ2v) is 3.34. The van der Waals surface area contributed by atoms with Gasteiger partial charge >= 0.3 is 0 Å². The first-order chi connectivity index (χ1) is 7.19. The SMILES string of the molecule is CCc1c(C)nc2c(C=O)c[nH]n2c1=O. The van der Waals surface area contributed by atoms with Gasteiger partial charge in [-0.1, -0.05) is 6.92 Å². The number of carbonyl (C=O) groups is 1. The highest BCUT2D eigenvalue weighted by atomic mass is 16.1. The summed E-state index contributed by atoms with van der Waals surface area (Å²) in [5.74, 6) is 0. The van der Waals surface area contributed by atoms with Crippen molar-refractivity contribution in [3.05, 3.63) is 33.4 Å². The van der Waals surface area contributed by atoms with Crippen LogP contribution in [0.4, 0.5) is 0 Å². The average Bonchev–Trinajstić information content (AvgIpc) is 2.61. The summed E-state index contributed by atoms with van der Waals surface area (Å²) < 4.78 is 1.30. The fourth-order valence-corrected chi connectivity index (χ4v) is 1.67. The molecule has 0 aliphatic rings. The number of aldehydes is 1. The normalized spacial score (nSPS) is 10.8. The van der Waals surface area contributed by atoms with Crippen molar-refractivity contribution < 1.29 is 4.79 Å². The lowest BCUT2D eigenvalue weighted by Gasteiger charge is -2.01. The summed E-state index contributed by atoms with van der Waals surface area (Å²) in [5, 5.41) is 2.72. The van der Waals surface area contributed by atoms with Crippen molar-refractivity contribution in [1.29, 1.82) is 0 Å². The van der Waals surface area contributed by atoms with E-state index in [2.05, 4.69) is 10.1 Å². The second-order valence-electron chi connectivity index (χ2n) is 3.34. The number of carbonyl (C=O) groups excluding carboxylic acids is 1. The highest BCUT2D eigenvalue weighted by molar-refractivity contribution is 5.83. The Balaban J connectivity index is 2.93. The number of aromatic amines is 1. The van der Waals surface area contributed by atoms with Crippen molar-refractivity contribution in [2.24, 2.45) is 0 Å². The molecular formula is C10H11N3O2. The Morgan fingerprint density at radius 1 is 1.60 bits per heavy atom. The molecule has 78 valence electrons. The minimum atomic E-state index is -0.131. The van der Waals surface area contributed by atoms with Crippen molar-refractivity contribution in [2.75, 3.05) is 0 Å². The maximum atomic E-state index is 11.9. The maximum Gasteiger partial charge on any atom is 0.276 e. The van der Waals surface area contributed by atoms with Crippen LogP contribution in [-0.4, -0.2) is 20.9 Å². The van der Waals surface area contributed by atoms with Gasteiger partial charge in [-0.2, -0.15) is 0 Å². The summed E-state index contributed by atoms with van der Waals surface area (Å²) in [6, 6.07) is 0. The predicted molar refractivity (Wildman–Crippen MR) is 55.3 cm³/mol. The lowest BCUT2D eigenvalue weighted by molar-refractivity contribution is 0.112. The number of hydrogen-bond acceptors (Lipinski definition) is 3. The van der Waals surface area contributed by atoms with Crippen LogP contribution in [-0.2, 0) is 6.42 Å². The summed E-state index contributed by atoms with van der Waals surface area (Å²) in [7, 11) is 0. The average molecular weight is 205 g/mol. The van der Waals surface area contributed by atoms with E-state index in [0.29, 0.717) is 35.2 Å². The molecule has 0 saturated carbocycles. The third-order valence-electron chi connectivity index (χ3n) is 2.47. The van der Waals surface area contributed by atoms with Gasteiger partial charge < -0.3 is 0 Å². The van der Waals surface area contributed by atoms with Gasteiger partial charge in [0.1, 0.15) is 0 Å². The molecule has 0 fully saturated rings. The van der Waals surface area contributed by atoms with Gasteiger partial charge in [0.05, 0.1) is 5.56 Å². The van der Waals surface area contributed by atoms with E-state index in [1.807, 2.05) is 6.92 Å². The van der Waals surface area contributed by atoms with Crippen molar-refractivity contribution in [2.45, 2.75) is 20.3 Å². The van der Waals surface area contributed by atoms with Crippen molar-refractivity contribution >= 4 is 11.9 Å². The van der Waals surface area contributed by atoms with Crippen molar-refractivity contribution in [1.82, 2.24) is 14.6 Å². The van der Waals surface area contributed by atoms with E-state index in [4.69, 9.17) is 0 Å². The Bertz CT molecular complexity index is 580. The molecule has 2 aromatic rings. The Morgan fingerprint density at radius 2 is 2.33 bits per heavy atom. The molecule has 0 aliphatic heterocycles. The third-order valence-corrected chi connectivity index (χ3v) is 2.47. The molecule has 0 bridgehead atoms. The Hall–Kier alpha value is -1.91. The predicted octanol–water partition coefficient (Wildman–Crippen LogP) is 0.706. The zero-order valence-electron chi connectivity index (χ0n) is 8.57. The number of hydrogen-bond donors (Lipinski definition) is 1. The van der Waals surface area contributed by atoms with E-state index in [1.165, 1.54) is 10.7 Å². The van der Waals surface area contributed by atoms with Gasteiger partial charge in [-0.05, 0) is 13.3 Å². The molecule has 1 N–H and O–H groups in total. The third kappa shape index (κ3) is 1.27. The van der Waals surface area contributed by atoms with E-state index in [-0.39, 0.29) is 5.56 Å². The molecule has 0 aliphatic carbocycles. The van der Waals surface area contributed by atoms with Crippen LogP contribution < -0.4 is 5.56 Å². The van der Waals surface area contributed by atoms with E-state index in [1.54, 1.807) is 6.92 Å². The van der Waals surface area contributed by atoms with E-state index in [0.717, 1.165) is 0 Å². The minimum absolute atomic E-state index is 0.131. The number of aryl methyl sites for hydroxylation is 1. The van der Waals surface area contributed by atoms with Crippen LogP contribution >= 0.6 is 0 Å². The van der Waals surface area contributed by atoms with Crippen LogP contribution in [0.5, 0.6) is 0 Å². The minimum Gasteiger partial charge on any atom is -0.298 e. The van der Waals surface area contributed by atoms with Crippen LogP contribution in [0.2, 0.25) is 0 Å². The molecule has 0 amide bonds. The molecule has 2 aromatic heterocycles. The summed E-state index contributed by atoms with van der Waals surface area (Å²) in [4.78, 5) is 26.8. The number of aromatic nitrogens is 3. The molecule has 5 nitrogen and oxygen atoms in total. The molecule has 0 atom stereocenters. The molecular weight excluding hydrogens is 194 g/mol. The van der Waals surface area contributed by atoms with Crippen LogP contribution in [0.1, 0.15) is 28.5 Å². The lowest BCUT2D eigenvalue weighted by Crippen LogP contribution is -2.21. The Labute approximate surface area is 85.7 Å². The molecule has 2 rings (SSSR count). The van der Waals surface area contributed by atoms with Crippen molar-refractivity contribution in [3.63, 3.8) is 0 Å². The molecule has 15 heavy (non-hydrogen) atoms. The monoisotopic (exact) mass is 205 g/mol. The first-order valence-electron chi connectivity index (χ1n) is 4.73.